The molecule has 21 heavy (non-hydrogen) atoms. The van der Waals surface area contributed by atoms with Crippen molar-refractivity contribution in [2.24, 2.45) is 0 Å². The molecule has 0 saturated heterocycles. The molecule has 0 radical (unpaired) electrons. The number of carboxylic acid groups (broad SMARTS) is 1. The molecule has 1 aliphatic rings. The van der Waals surface area contributed by atoms with Gasteiger partial charge in [-0.2, -0.15) is 0 Å². The number of nitrogens with zero attached hydrogens (tertiary/aromatic N) is 1. The van der Waals surface area contributed by atoms with Gasteiger partial charge >= 0.3 is 12.0 Å². The standard InChI is InChI=1S/C14H21N3O3S/c1-10-16-11(9-21-10)4-7-15-13(20)17-14(8-12(18)19)5-2-3-6-14/h9H,2-8H2,1H3,(H,18,19)(H2,15,17,20). The number of amides is 2. The molecule has 2 rings (SSSR count). The molecule has 1 aliphatic carbocycles. The number of nitrogens with one attached hydrogen (secondary N) is 2. The zero-order chi connectivity index (χ0) is 15.3. The van der Waals surface area contributed by atoms with Crippen LogP contribution in [-0.4, -0.2) is 34.2 Å². The number of thiazole rings is 1. The van der Waals surface area contributed by atoms with Crippen LogP contribution in [-0.2, 0) is 11.2 Å². The zero-order valence-corrected chi connectivity index (χ0v) is 13.0. The number of aryl methyl sites for hydroxylation is 1. The summed E-state index contributed by atoms with van der Waals surface area (Å²) < 4.78 is 0. The van der Waals surface area contributed by atoms with Crippen molar-refractivity contribution < 1.29 is 14.7 Å². The summed E-state index contributed by atoms with van der Waals surface area (Å²) in [6, 6.07) is -0.287. The second-order valence-electron chi connectivity index (χ2n) is 5.55. The lowest BCUT2D eigenvalue weighted by molar-refractivity contribution is -0.138. The van der Waals surface area contributed by atoms with Gasteiger partial charge in [-0.15, -0.1) is 11.3 Å². The highest BCUT2D eigenvalue weighted by molar-refractivity contribution is 7.09. The number of carbonyl (C=O) groups excluding carboxylic acids is 1. The summed E-state index contributed by atoms with van der Waals surface area (Å²) >= 11 is 1.59. The maximum atomic E-state index is 11.9. The van der Waals surface area contributed by atoms with Crippen molar-refractivity contribution in [2.75, 3.05) is 6.54 Å². The fourth-order valence-electron chi connectivity index (χ4n) is 2.80. The predicted molar refractivity (Wildman–Crippen MR) is 80.5 cm³/mol. The smallest absolute Gasteiger partial charge is 0.315 e. The van der Waals surface area contributed by atoms with E-state index < -0.39 is 11.5 Å². The maximum absolute atomic E-state index is 11.9. The van der Waals surface area contributed by atoms with Crippen LogP contribution in [0.2, 0.25) is 0 Å². The third-order valence-corrected chi connectivity index (χ3v) is 4.58. The van der Waals surface area contributed by atoms with Crippen LogP contribution in [0.1, 0.15) is 42.8 Å². The van der Waals surface area contributed by atoms with Gasteiger partial charge in [-0.25, -0.2) is 9.78 Å². The number of rotatable bonds is 6. The van der Waals surface area contributed by atoms with Crippen molar-refractivity contribution in [3.8, 4) is 0 Å². The van der Waals surface area contributed by atoms with Gasteiger partial charge in [-0.3, -0.25) is 4.79 Å². The first kappa shape index (κ1) is 15.8. The molecular weight excluding hydrogens is 290 g/mol. The number of aliphatic carboxylic acids is 1. The lowest BCUT2D eigenvalue weighted by Crippen LogP contribution is -2.51. The Morgan fingerprint density at radius 1 is 1.43 bits per heavy atom. The molecule has 0 aromatic carbocycles. The molecule has 116 valence electrons. The number of aromatic nitrogens is 1. The summed E-state index contributed by atoms with van der Waals surface area (Å²) in [5.74, 6) is -0.866. The van der Waals surface area contributed by atoms with Crippen molar-refractivity contribution >= 4 is 23.3 Å². The maximum Gasteiger partial charge on any atom is 0.315 e. The molecule has 1 fully saturated rings. The number of hydrogen-bond acceptors (Lipinski definition) is 4. The van der Waals surface area contributed by atoms with E-state index in [9.17, 15) is 9.59 Å². The van der Waals surface area contributed by atoms with E-state index >= 15 is 0 Å². The summed E-state index contributed by atoms with van der Waals surface area (Å²) in [6.45, 7) is 2.45. The average Bonchev–Trinajstić information content (AvgIpc) is 2.98. The fraction of sp³-hybridized carbons (Fsp3) is 0.643. The van der Waals surface area contributed by atoms with Crippen LogP contribution in [0, 0.1) is 6.92 Å². The Hall–Kier alpha value is -1.63. The highest BCUT2D eigenvalue weighted by Gasteiger charge is 2.37. The highest BCUT2D eigenvalue weighted by Crippen LogP contribution is 2.32. The Morgan fingerprint density at radius 2 is 2.14 bits per heavy atom. The first-order valence-electron chi connectivity index (χ1n) is 7.18. The lowest BCUT2D eigenvalue weighted by Gasteiger charge is -2.28. The van der Waals surface area contributed by atoms with Gasteiger partial charge in [-0.1, -0.05) is 12.8 Å². The monoisotopic (exact) mass is 311 g/mol. The molecule has 3 N–H and O–H groups in total. The van der Waals surface area contributed by atoms with E-state index in [1.807, 2.05) is 12.3 Å². The molecule has 0 atom stereocenters. The Labute approximate surface area is 128 Å². The SMILES string of the molecule is Cc1nc(CCNC(=O)NC2(CC(=O)O)CCCC2)cs1. The average molecular weight is 311 g/mol. The molecule has 6 nitrogen and oxygen atoms in total. The van der Waals surface area contributed by atoms with Gasteiger partial charge in [0.25, 0.3) is 0 Å². The summed E-state index contributed by atoms with van der Waals surface area (Å²) in [7, 11) is 0. The molecular formula is C14H21N3O3S. The highest BCUT2D eigenvalue weighted by atomic mass is 32.1. The van der Waals surface area contributed by atoms with Crippen LogP contribution in [0.25, 0.3) is 0 Å². The van der Waals surface area contributed by atoms with E-state index in [0.717, 1.165) is 36.4 Å². The summed E-state index contributed by atoms with van der Waals surface area (Å²) in [5, 5.41) is 17.7. The summed E-state index contributed by atoms with van der Waals surface area (Å²) in [6.07, 6.45) is 4.07. The van der Waals surface area contributed by atoms with E-state index in [-0.39, 0.29) is 12.5 Å². The van der Waals surface area contributed by atoms with E-state index in [0.29, 0.717) is 13.0 Å². The molecule has 1 saturated carbocycles. The van der Waals surface area contributed by atoms with Gasteiger partial charge in [0, 0.05) is 18.3 Å². The van der Waals surface area contributed by atoms with E-state index in [4.69, 9.17) is 5.11 Å². The molecule has 2 amide bonds. The molecule has 7 heteroatoms. The topological polar surface area (TPSA) is 91.3 Å². The van der Waals surface area contributed by atoms with Crippen molar-refractivity contribution in [2.45, 2.75) is 51.0 Å². The van der Waals surface area contributed by atoms with Gasteiger partial charge in [0.1, 0.15) is 0 Å². The lowest BCUT2D eigenvalue weighted by atomic mass is 9.93. The van der Waals surface area contributed by atoms with Crippen molar-refractivity contribution in [3.05, 3.63) is 16.1 Å². The fourth-order valence-corrected chi connectivity index (χ4v) is 3.45. The van der Waals surface area contributed by atoms with E-state index in [1.165, 1.54) is 0 Å². The van der Waals surface area contributed by atoms with Crippen LogP contribution in [0.5, 0.6) is 0 Å². The number of carboxylic acids is 1. The number of hydrogen-bond donors (Lipinski definition) is 3. The predicted octanol–water partition coefficient (Wildman–Crippen LogP) is 2.08. The Bertz CT molecular complexity index is 509. The van der Waals surface area contributed by atoms with Crippen molar-refractivity contribution in [1.82, 2.24) is 15.6 Å². The minimum atomic E-state index is -0.866. The van der Waals surface area contributed by atoms with Gasteiger partial charge in [-0.05, 0) is 19.8 Å². The first-order chi connectivity index (χ1) is 9.99. The molecule has 0 unspecified atom stereocenters. The second kappa shape index (κ2) is 6.89. The second-order valence-corrected chi connectivity index (χ2v) is 6.61. The minimum absolute atomic E-state index is 0.00823. The third-order valence-electron chi connectivity index (χ3n) is 3.76. The molecule has 1 heterocycles. The van der Waals surface area contributed by atoms with Crippen LogP contribution >= 0.6 is 11.3 Å². The van der Waals surface area contributed by atoms with E-state index in [2.05, 4.69) is 15.6 Å². The summed E-state index contributed by atoms with van der Waals surface area (Å²) in [5.41, 5.74) is 0.395. The number of carbonyl (C=O) groups is 2. The van der Waals surface area contributed by atoms with Crippen molar-refractivity contribution in [1.29, 1.82) is 0 Å². The molecule has 0 spiro atoms. The third kappa shape index (κ3) is 4.70. The molecule has 1 aromatic rings. The normalized spacial score (nSPS) is 16.6. The van der Waals surface area contributed by atoms with Crippen LogP contribution in [0.4, 0.5) is 4.79 Å². The van der Waals surface area contributed by atoms with Gasteiger partial charge < -0.3 is 15.7 Å². The molecule has 0 bridgehead atoms. The van der Waals surface area contributed by atoms with Crippen molar-refractivity contribution in [3.63, 3.8) is 0 Å². The number of urea groups is 1. The van der Waals surface area contributed by atoms with Gasteiger partial charge in [0.15, 0.2) is 0 Å². The minimum Gasteiger partial charge on any atom is -0.481 e. The quantitative estimate of drug-likeness (QED) is 0.750. The zero-order valence-electron chi connectivity index (χ0n) is 12.1. The Morgan fingerprint density at radius 3 is 2.71 bits per heavy atom. The van der Waals surface area contributed by atoms with Crippen LogP contribution < -0.4 is 10.6 Å². The first-order valence-corrected chi connectivity index (χ1v) is 8.06. The van der Waals surface area contributed by atoms with Crippen LogP contribution in [0.3, 0.4) is 0 Å². The Kier molecular flexibility index (Phi) is 5.17. The Balaban J connectivity index is 1.78. The largest absolute Gasteiger partial charge is 0.481 e. The molecule has 1 aromatic heterocycles. The van der Waals surface area contributed by atoms with Crippen LogP contribution in [0.15, 0.2) is 5.38 Å². The van der Waals surface area contributed by atoms with Gasteiger partial charge in [0.2, 0.25) is 0 Å². The van der Waals surface area contributed by atoms with E-state index in [1.54, 1.807) is 11.3 Å². The summed E-state index contributed by atoms with van der Waals surface area (Å²) in [4.78, 5) is 27.2. The van der Waals surface area contributed by atoms with Gasteiger partial charge in [0.05, 0.1) is 22.7 Å². The molecule has 0 aliphatic heterocycles.